The van der Waals surface area contributed by atoms with E-state index in [0.717, 1.165) is 38.1 Å². The summed E-state index contributed by atoms with van der Waals surface area (Å²) in [5.74, 6) is 1.16. The topological polar surface area (TPSA) is 45.5 Å². The summed E-state index contributed by atoms with van der Waals surface area (Å²) in [7, 11) is 0. The van der Waals surface area contributed by atoms with Crippen molar-refractivity contribution in [3.05, 3.63) is 24.2 Å². The summed E-state index contributed by atoms with van der Waals surface area (Å²) in [5.41, 5.74) is -0.227. The molecule has 0 spiro atoms. The average molecular weight is 248 g/mol. The first-order chi connectivity index (χ1) is 8.69. The van der Waals surface area contributed by atoms with E-state index in [1.807, 2.05) is 17.0 Å². The van der Waals surface area contributed by atoms with Crippen molar-refractivity contribution < 1.29 is 9.21 Å². The molecule has 1 aromatic heterocycles. The van der Waals surface area contributed by atoms with Gasteiger partial charge in [-0.3, -0.25) is 4.79 Å². The molecule has 1 unspecified atom stereocenters. The molecule has 0 radical (unpaired) electrons. The maximum absolute atomic E-state index is 12.7. The molecule has 1 saturated heterocycles. The molecule has 98 valence electrons. The van der Waals surface area contributed by atoms with Gasteiger partial charge in [0.2, 0.25) is 5.91 Å². The van der Waals surface area contributed by atoms with Gasteiger partial charge in [-0.2, -0.15) is 0 Å². The molecule has 2 heterocycles. The van der Waals surface area contributed by atoms with Crippen molar-refractivity contribution in [2.24, 2.45) is 5.41 Å². The van der Waals surface area contributed by atoms with E-state index in [-0.39, 0.29) is 11.3 Å². The molecule has 18 heavy (non-hydrogen) atoms. The number of rotatable bonds is 4. The van der Waals surface area contributed by atoms with E-state index in [0.29, 0.717) is 12.6 Å². The summed E-state index contributed by atoms with van der Waals surface area (Å²) in [6.45, 7) is 4.44. The van der Waals surface area contributed by atoms with Crippen LogP contribution in [-0.2, 0) is 11.3 Å². The third-order valence-electron chi connectivity index (χ3n) is 4.04. The fourth-order valence-corrected chi connectivity index (χ4v) is 2.67. The second kappa shape index (κ2) is 4.43. The number of hydrogen-bond acceptors (Lipinski definition) is 3. The smallest absolute Gasteiger partial charge is 0.230 e. The molecule has 0 bridgehead atoms. The highest BCUT2D eigenvalue weighted by Crippen LogP contribution is 2.35. The Balaban J connectivity index is 1.75. The van der Waals surface area contributed by atoms with Crippen LogP contribution in [0.3, 0.4) is 0 Å². The van der Waals surface area contributed by atoms with E-state index < -0.39 is 0 Å². The number of hydrogen-bond donors (Lipinski definition) is 1. The third-order valence-corrected chi connectivity index (χ3v) is 4.04. The van der Waals surface area contributed by atoms with E-state index in [1.54, 1.807) is 6.26 Å². The van der Waals surface area contributed by atoms with E-state index >= 15 is 0 Å². The highest BCUT2D eigenvalue weighted by atomic mass is 16.3. The Kier molecular flexibility index (Phi) is 2.90. The zero-order valence-electron chi connectivity index (χ0n) is 10.8. The zero-order valence-corrected chi connectivity index (χ0v) is 10.8. The molecule has 2 fully saturated rings. The van der Waals surface area contributed by atoms with Crippen LogP contribution in [-0.4, -0.2) is 29.9 Å². The molecule has 1 saturated carbocycles. The van der Waals surface area contributed by atoms with E-state index in [9.17, 15) is 4.79 Å². The van der Waals surface area contributed by atoms with Crippen molar-refractivity contribution in [2.75, 3.05) is 13.1 Å². The van der Waals surface area contributed by atoms with Crippen LogP contribution in [0, 0.1) is 5.41 Å². The Morgan fingerprint density at radius 2 is 2.44 bits per heavy atom. The van der Waals surface area contributed by atoms with Crippen LogP contribution in [0.15, 0.2) is 22.8 Å². The van der Waals surface area contributed by atoms with Gasteiger partial charge < -0.3 is 14.6 Å². The van der Waals surface area contributed by atoms with Crippen molar-refractivity contribution in [1.29, 1.82) is 0 Å². The van der Waals surface area contributed by atoms with E-state index in [2.05, 4.69) is 12.2 Å². The summed E-state index contributed by atoms with van der Waals surface area (Å²) < 4.78 is 5.38. The van der Waals surface area contributed by atoms with Crippen molar-refractivity contribution in [1.82, 2.24) is 10.2 Å². The second-order valence-corrected chi connectivity index (χ2v) is 5.73. The maximum atomic E-state index is 12.7. The monoisotopic (exact) mass is 248 g/mol. The molecular formula is C14H20N2O2. The van der Waals surface area contributed by atoms with Gasteiger partial charge in [-0.15, -0.1) is 0 Å². The summed E-state index contributed by atoms with van der Waals surface area (Å²) in [6.07, 6.45) is 4.88. The molecule has 1 aliphatic carbocycles. The molecule has 1 aromatic rings. The molecule has 0 aromatic carbocycles. The number of carbonyl (C=O) groups excluding carboxylic acids is 1. The minimum atomic E-state index is -0.227. The molecule has 3 rings (SSSR count). The van der Waals surface area contributed by atoms with Crippen molar-refractivity contribution in [3.63, 3.8) is 0 Å². The van der Waals surface area contributed by atoms with Crippen LogP contribution in [0.2, 0.25) is 0 Å². The number of carbonyl (C=O) groups is 1. The summed E-state index contributed by atoms with van der Waals surface area (Å²) in [4.78, 5) is 14.7. The molecular weight excluding hydrogens is 228 g/mol. The number of nitrogens with one attached hydrogen (secondary N) is 1. The number of furan rings is 1. The minimum absolute atomic E-state index is 0.227. The van der Waals surface area contributed by atoms with Gasteiger partial charge in [0.05, 0.1) is 18.2 Å². The fraction of sp³-hybridized carbons (Fsp3) is 0.643. The quantitative estimate of drug-likeness (QED) is 0.883. The van der Waals surface area contributed by atoms with Gasteiger partial charge in [0.25, 0.3) is 0 Å². The highest BCUT2D eigenvalue weighted by Gasteiger charge is 2.43. The number of nitrogens with zero attached hydrogens (tertiary/aromatic N) is 1. The van der Waals surface area contributed by atoms with Gasteiger partial charge in [0.1, 0.15) is 5.76 Å². The SMILES string of the molecule is CC1(C(=O)N(Cc2ccco2)C2CC2)CCNC1. The Morgan fingerprint density at radius 3 is 3.00 bits per heavy atom. The Morgan fingerprint density at radius 1 is 1.61 bits per heavy atom. The van der Waals surface area contributed by atoms with Crippen LogP contribution in [0.1, 0.15) is 31.9 Å². The molecule has 1 aliphatic heterocycles. The number of amides is 1. The highest BCUT2D eigenvalue weighted by molar-refractivity contribution is 5.83. The lowest BCUT2D eigenvalue weighted by Gasteiger charge is -2.30. The molecule has 4 heteroatoms. The molecule has 1 N–H and O–H groups in total. The predicted octanol–water partition coefficient (Wildman–Crippen LogP) is 1.77. The normalized spacial score (nSPS) is 27.4. The predicted molar refractivity (Wildman–Crippen MR) is 67.9 cm³/mol. The van der Waals surface area contributed by atoms with Crippen molar-refractivity contribution in [3.8, 4) is 0 Å². The van der Waals surface area contributed by atoms with Gasteiger partial charge >= 0.3 is 0 Å². The van der Waals surface area contributed by atoms with E-state index in [1.165, 1.54) is 0 Å². The minimum Gasteiger partial charge on any atom is -0.467 e. The molecule has 2 aliphatic rings. The van der Waals surface area contributed by atoms with Gasteiger partial charge in [0.15, 0.2) is 0 Å². The third kappa shape index (κ3) is 2.17. The Labute approximate surface area is 107 Å². The summed E-state index contributed by atoms with van der Waals surface area (Å²) >= 11 is 0. The van der Waals surface area contributed by atoms with Crippen LogP contribution < -0.4 is 5.32 Å². The van der Waals surface area contributed by atoms with Gasteiger partial charge in [-0.05, 0) is 44.9 Å². The van der Waals surface area contributed by atoms with Gasteiger partial charge in [-0.25, -0.2) is 0 Å². The van der Waals surface area contributed by atoms with Crippen LogP contribution in [0.4, 0.5) is 0 Å². The molecule has 1 amide bonds. The summed E-state index contributed by atoms with van der Waals surface area (Å²) in [6, 6.07) is 4.25. The van der Waals surface area contributed by atoms with E-state index in [4.69, 9.17) is 4.42 Å². The fourth-order valence-electron chi connectivity index (χ4n) is 2.67. The first-order valence-electron chi connectivity index (χ1n) is 6.73. The Bertz CT molecular complexity index is 417. The molecule has 4 nitrogen and oxygen atoms in total. The average Bonchev–Trinajstić information content (AvgIpc) is 2.89. The second-order valence-electron chi connectivity index (χ2n) is 5.73. The van der Waals surface area contributed by atoms with Crippen molar-refractivity contribution in [2.45, 2.75) is 38.8 Å². The molecule has 1 atom stereocenters. The first kappa shape index (κ1) is 11.8. The van der Waals surface area contributed by atoms with Crippen LogP contribution in [0.25, 0.3) is 0 Å². The summed E-state index contributed by atoms with van der Waals surface area (Å²) in [5, 5.41) is 3.30. The lowest BCUT2D eigenvalue weighted by atomic mass is 9.88. The maximum Gasteiger partial charge on any atom is 0.230 e. The zero-order chi connectivity index (χ0) is 12.6. The van der Waals surface area contributed by atoms with Crippen LogP contribution >= 0.6 is 0 Å². The van der Waals surface area contributed by atoms with Gasteiger partial charge in [-0.1, -0.05) is 0 Å². The van der Waals surface area contributed by atoms with Crippen LogP contribution in [0.5, 0.6) is 0 Å². The lowest BCUT2D eigenvalue weighted by Crippen LogP contribution is -2.44. The van der Waals surface area contributed by atoms with Gasteiger partial charge in [0, 0.05) is 12.6 Å². The lowest BCUT2D eigenvalue weighted by molar-refractivity contribution is -0.141. The largest absolute Gasteiger partial charge is 0.467 e. The standard InChI is InChI=1S/C14H20N2O2/c1-14(6-7-15-10-14)13(17)16(11-4-5-11)9-12-3-2-8-18-12/h2-3,8,11,15H,4-7,9-10H2,1H3. The van der Waals surface area contributed by atoms with Crippen molar-refractivity contribution >= 4 is 5.91 Å². The first-order valence-corrected chi connectivity index (χ1v) is 6.73. The Hall–Kier alpha value is -1.29.